The zero-order valence-corrected chi connectivity index (χ0v) is 24.2. The van der Waals surface area contributed by atoms with Crippen molar-refractivity contribution in [2.75, 3.05) is 26.2 Å². The van der Waals surface area contributed by atoms with E-state index in [9.17, 15) is 14.4 Å². The van der Waals surface area contributed by atoms with E-state index < -0.39 is 11.0 Å². The number of carbonyl (C=O) groups excluding carboxylic acids is 3. The molecule has 1 aliphatic heterocycles. The van der Waals surface area contributed by atoms with E-state index in [1.165, 1.54) is 13.8 Å². The van der Waals surface area contributed by atoms with Gasteiger partial charge in [-0.15, -0.1) is 6.58 Å². The van der Waals surface area contributed by atoms with Gasteiger partial charge in [-0.1, -0.05) is 50.3 Å². The number of carbonyl (C=O) groups is 3. The largest absolute Gasteiger partial charge is 0.457 e. The van der Waals surface area contributed by atoms with Crippen molar-refractivity contribution in [3.8, 4) is 5.75 Å². The minimum Gasteiger partial charge on any atom is -0.457 e. The molecule has 1 aliphatic carbocycles. The molecule has 40 heavy (non-hydrogen) atoms. The van der Waals surface area contributed by atoms with E-state index >= 15 is 0 Å². The summed E-state index contributed by atoms with van der Waals surface area (Å²) < 4.78 is 11.9. The van der Waals surface area contributed by atoms with Crippen molar-refractivity contribution in [2.45, 2.75) is 70.4 Å². The molecule has 1 amide bonds. The van der Waals surface area contributed by atoms with E-state index in [1.807, 2.05) is 59.5 Å². The number of ether oxygens (including phenoxy) is 2. The fourth-order valence-corrected chi connectivity index (χ4v) is 6.83. The van der Waals surface area contributed by atoms with Crippen LogP contribution in [0.15, 0.2) is 67.3 Å². The molecule has 1 heterocycles. The van der Waals surface area contributed by atoms with E-state index in [-0.39, 0.29) is 29.8 Å². The Morgan fingerprint density at radius 3 is 2.48 bits per heavy atom. The SMILES string of the molecule is C=CCN1CC[C@@]2(c3cccc(OC(C)=O)c3)C[C@H](N(CC(C)C)C(=O)c3ccccc3)CC[C@]2(OC(C)=O)C1. The number of fused-ring (bicyclic) bond motifs is 1. The number of likely N-dealkylation sites (tertiary alicyclic amines) is 1. The topological polar surface area (TPSA) is 76.2 Å². The van der Waals surface area contributed by atoms with E-state index in [0.29, 0.717) is 50.2 Å². The summed E-state index contributed by atoms with van der Waals surface area (Å²) >= 11 is 0. The van der Waals surface area contributed by atoms with Gasteiger partial charge in [0.15, 0.2) is 0 Å². The van der Waals surface area contributed by atoms with Gasteiger partial charge in [-0.2, -0.15) is 0 Å². The predicted molar refractivity (Wildman–Crippen MR) is 155 cm³/mol. The summed E-state index contributed by atoms with van der Waals surface area (Å²) in [5.41, 5.74) is 0.255. The van der Waals surface area contributed by atoms with E-state index in [2.05, 4.69) is 25.3 Å². The number of nitrogens with zero attached hydrogens (tertiary/aromatic N) is 2. The highest BCUT2D eigenvalue weighted by molar-refractivity contribution is 5.94. The molecule has 0 bridgehead atoms. The van der Waals surface area contributed by atoms with Crippen LogP contribution >= 0.6 is 0 Å². The Bertz CT molecular complexity index is 1230. The minimum atomic E-state index is -0.801. The highest BCUT2D eigenvalue weighted by atomic mass is 16.6. The molecular formula is C33H42N2O5. The Labute approximate surface area is 238 Å². The lowest BCUT2D eigenvalue weighted by Crippen LogP contribution is -2.68. The van der Waals surface area contributed by atoms with Gasteiger partial charge in [-0.05, 0) is 68.0 Å². The fraction of sp³-hybridized carbons (Fsp3) is 0.485. The van der Waals surface area contributed by atoms with Crippen molar-refractivity contribution in [1.29, 1.82) is 0 Å². The molecule has 2 aromatic carbocycles. The maximum atomic E-state index is 13.9. The van der Waals surface area contributed by atoms with Gasteiger partial charge in [0.1, 0.15) is 11.4 Å². The monoisotopic (exact) mass is 546 g/mol. The second-order valence-corrected chi connectivity index (χ2v) is 11.7. The van der Waals surface area contributed by atoms with E-state index in [1.54, 1.807) is 6.07 Å². The van der Waals surface area contributed by atoms with Crippen LogP contribution in [0, 0.1) is 5.92 Å². The number of benzene rings is 2. The molecule has 2 fully saturated rings. The van der Waals surface area contributed by atoms with Gasteiger partial charge in [0.25, 0.3) is 5.91 Å². The Balaban J connectivity index is 1.83. The summed E-state index contributed by atoms with van der Waals surface area (Å²) in [5.74, 6) is 0.0578. The predicted octanol–water partition coefficient (Wildman–Crippen LogP) is 5.39. The summed E-state index contributed by atoms with van der Waals surface area (Å²) in [5, 5.41) is 0. The molecule has 0 spiro atoms. The maximum Gasteiger partial charge on any atom is 0.308 e. The Kier molecular flexibility index (Phi) is 9.14. The summed E-state index contributed by atoms with van der Waals surface area (Å²) in [4.78, 5) is 42.7. The van der Waals surface area contributed by atoms with Crippen LogP contribution in [0.1, 0.15) is 69.3 Å². The third-order valence-electron chi connectivity index (χ3n) is 8.33. The van der Waals surface area contributed by atoms with Gasteiger partial charge in [-0.3, -0.25) is 19.3 Å². The van der Waals surface area contributed by atoms with Crippen molar-refractivity contribution < 1.29 is 23.9 Å². The number of amides is 1. The Morgan fingerprint density at radius 2 is 1.82 bits per heavy atom. The van der Waals surface area contributed by atoms with Crippen molar-refractivity contribution in [1.82, 2.24) is 9.80 Å². The molecular weight excluding hydrogens is 504 g/mol. The molecule has 0 aromatic heterocycles. The standard InChI is InChI=1S/C33H42N2O5/c1-6-18-34-19-17-32(28-13-10-14-30(20-28)39-25(4)36)21-29(15-16-33(32,23-34)40-26(5)37)35(22-24(2)3)31(38)27-11-8-7-9-12-27/h6-14,20,24,29H,1,15-19,21-23H2,2-5H3/t29-,32+,33+/m1/s1. The first kappa shape index (κ1) is 29.5. The highest BCUT2D eigenvalue weighted by Crippen LogP contribution is 2.55. The molecule has 0 N–H and O–H groups in total. The molecule has 214 valence electrons. The van der Waals surface area contributed by atoms with Crippen molar-refractivity contribution in [3.05, 3.63) is 78.4 Å². The molecule has 4 rings (SSSR count). The van der Waals surface area contributed by atoms with Gasteiger partial charge in [0, 0.05) is 50.5 Å². The normalized spacial score (nSPS) is 24.6. The summed E-state index contributed by atoms with van der Waals surface area (Å²) in [6, 6.07) is 17.0. The van der Waals surface area contributed by atoms with Crippen LogP contribution in [-0.4, -0.2) is 65.5 Å². The number of hydrogen-bond acceptors (Lipinski definition) is 6. The van der Waals surface area contributed by atoms with Gasteiger partial charge in [0.2, 0.25) is 0 Å². The minimum absolute atomic E-state index is 0.0205. The lowest BCUT2D eigenvalue weighted by molar-refractivity contribution is -0.188. The van der Waals surface area contributed by atoms with Crippen LogP contribution in [0.5, 0.6) is 5.75 Å². The van der Waals surface area contributed by atoms with Crippen LogP contribution in [0.3, 0.4) is 0 Å². The van der Waals surface area contributed by atoms with Crippen molar-refractivity contribution in [3.63, 3.8) is 0 Å². The first-order valence-corrected chi connectivity index (χ1v) is 14.3. The maximum absolute atomic E-state index is 13.9. The van der Waals surface area contributed by atoms with Crippen molar-refractivity contribution in [2.24, 2.45) is 5.92 Å². The summed E-state index contributed by atoms with van der Waals surface area (Å²) in [6.45, 7) is 13.7. The molecule has 1 saturated carbocycles. The van der Waals surface area contributed by atoms with Crippen molar-refractivity contribution >= 4 is 17.8 Å². The molecule has 1 saturated heterocycles. The van der Waals surface area contributed by atoms with E-state index in [4.69, 9.17) is 9.47 Å². The average Bonchev–Trinajstić information content (AvgIpc) is 2.91. The quantitative estimate of drug-likeness (QED) is 0.238. The molecule has 0 unspecified atom stereocenters. The Hall–Kier alpha value is -3.45. The zero-order valence-electron chi connectivity index (χ0n) is 24.2. The average molecular weight is 547 g/mol. The number of hydrogen-bond donors (Lipinski definition) is 0. The van der Waals surface area contributed by atoms with Gasteiger partial charge < -0.3 is 14.4 Å². The molecule has 3 atom stereocenters. The first-order chi connectivity index (χ1) is 19.1. The lowest BCUT2D eigenvalue weighted by atomic mass is 9.54. The molecule has 2 aliphatic rings. The molecule has 0 radical (unpaired) electrons. The fourth-order valence-electron chi connectivity index (χ4n) is 6.83. The van der Waals surface area contributed by atoms with Crippen LogP contribution in [0.2, 0.25) is 0 Å². The second-order valence-electron chi connectivity index (χ2n) is 11.7. The van der Waals surface area contributed by atoms with Crippen LogP contribution in [-0.2, 0) is 19.7 Å². The molecule has 2 aromatic rings. The summed E-state index contributed by atoms with van der Waals surface area (Å²) in [7, 11) is 0. The van der Waals surface area contributed by atoms with Crippen LogP contribution in [0.25, 0.3) is 0 Å². The van der Waals surface area contributed by atoms with Crippen LogP contribution < -0.4 is 4.74 Å². The highest BCUT2D eigenvalue weighted by Gasteiger charge is 2.61. The summed E-state index contributed by atoms with van der Waals surface area (Å²) in [6.07, 6.45) is 4.57. The third kappa shape index (κ3) is 6.15. The van der Waals surface area contributed by atoms with Gasteiger partial charge in [0.05, 0.1) is 0 Å². The van der Waals surface area contributed by atoms with Gasteiger partial charge >= 0.3 is 11.9 Å². The number of rotatable bonds is 9. The lowest BCUT2D eigenvalue weighted by Gasteiger charge is -2.60. The van der Waals surface area contributed by atoms with E-state index in [0.717, 1.165) is 18.5 Å². The Morgan fingerprint density at radius 1 is 1.07 bits per heavy atom. The third-order valence-corrected chi connectivity index (χ3v) is 8.33. The van der Waals surface area contributed by atoms with Gasteiger partial charge in [-0.25, -0.2) is 0 Å². The molecule has 7 nitrogen and oxygen atoms in total. The first-order valence-electron chi connectivity index (χ1n) is 14.3. The smallest absolute Gasteiger partial charge is 0.308 e. The number of piperidine rings is 1. The zero-order chi connectivity index (χ0) is 28.9. The second kappa shape index (κ2) is 12.4. The van der Waals surface area contributed by atoms with Crippen LogP contribution in [0.4, 0.5) is 0 Å². The molecule has 7 heteroatoms. The number of esters is 2.